The van der Waals surface area contributed by atoms with E-state index >= 15 is 0 Å². The van der Waals surface area contributed by atoms with E-state index in [0.717, 1.165) is 19.0 Å². The average molecular weight is 317 g/mol. The predicted molar refractivity (Wildman–Crippen MR) is 78.9 cm³/mol. The van der Waals surface area contributed by atoms with Gasteiger partial charge < -0.3 is 5.32 Å². The first-order chi connectivity index (χ1) is 9.91. The van der Waals surface area contributed by atoms with Gasteiger partial charge in [0.05, 0.1) is 11.5 Å². The minimum atomic E-state index is -2.97. The fourth-order valence-electron chi connectivity index (χ4n) is 2.80. The van der Waals surface area contributed by atoms with Gasteiger partial charge in [0, 0.05) is 12.1 Å². The van der Waals surface area contributed by atoms with Gasteiger partial charge >= 0.3 is 0 Å². The molecule has 2 unspecified atom stereocenters. The average Bonchev–Trinajstić information content (AvgIpc) is 2.77. The van der Waals surface area contributed by atoms with Gasteiger partial charge in [0.2, 0.25) is 0 Å². The lowest BCUT2D eigenvalue weighted by molar-refractivity contribution is 0.375. The molecule has 0 bridgehead atoms. The molecule has 3 nitrogen and oxygen atoms in total. The smallest absolute Gasteiger partial charge is 0.150 e. The Hall–Kier alpha value is -1.01. The number of sulfone groups is 1. The molecule has 0 aromatic heterocycles. The highest BCUT2D eigenvalue weighted by molar-refractivity contribution is 7.91. The molecular weight excluding hydrogens is 296 g/mol. The van der Waals surface area contributed by atoms with Gasteiger partial charge in [-0.1, -0.05) is 13.0 Å². The van der Waals surface area contributed by atoms with Crippen LogP contribution in [0.4, 0.5) is 8.78 Å². The fourth-order valence-corrected chi connectivity index (χ4v) is 4.68. The third-order valence-corrected chi connectivity index (χ3v) is 5.74. The Balaban J connectivity index is 2.12. The van der Waals surface area contributed by atoms with E-state index in [0.29, 0.717) is 18.4 Å². The highest BCUT2D eigenvalue weighted by Crippen LogP contribution is 2.25. The van der Waals surface area contributed by atoms with Crippen molar-refractivity contribution >= 4 is 9.84 Å². The lowest BCUT2D eigenvalue weighted by atomic mass is 9.92. The van der Waals surface area contributed by atoms with Crippen LogP contribution in [0.25, 0.3) is 0 Å². The molecule has 1 aliphatic rings. The van der Waals surface area contributed by atoms with E-state index in [1.165, 1.54) is 12.1 Å². The Bertz CT molecular complexity index is 589. The normalized spacial score (nSPS) is 22.3. The molecular formula is C15H21F2NO2S. The third kappa shape index (κ3) is 4.48. The summed E-state index contributed by atoms with van der Waals surface area (Å²) < 4.78 is 50.0. The van der Waals surface area contributed by atoms with E-state index in [1.54, 1.807) is 0 Å². The molecule has 0 radical (unpaired) electrons. The van der Waals surface area contributed by atoms with Crippen LogP contribution in [0.15, 0.2) is 18.2 Å². The van der Waals surface area contributed by atoms with Crippen molar-refractivity contribution in [3.63, 3.8) is 0 Å². The molecule has 2 rings (SSSR count). The second-order valence-corrected chi connectivity index (χ2v) is 7.89. The Kier molecular flexibility index (Phi) is 5.32. The van der Waals surface area contributed by atoms with Crippen molar-refractivity contribution < 1.29 is 17.2 Å². The van der Waals surface area contributed by atoms with Crippen molar-refractivity contribution in [1.29, 1.82) is 0 Å². The molecule has 1 aromatic rings. The zero-order valence-electron chi connectivity index (χ0n) is 12.1. The summed E-state index contributed by atoms with van der Waals surface area (Å²) in [7, 11) is -2.97. The van der Waals surface area contributed by atoms with E-state index in [4.69, 9.17) is 0 Å². The first-order valence-electron chi connectivity index (χ1n) is 7.29. The molecule has 1 aliphatic heterocycles. The van der Waals surface area contributed by atoms with Crippen molar-refractivity contribution in [3.05, 3.63) is 35.4 Å². The summed E-state index contributed by atoms with van der Waals surface area (Å²) in [6.45, 7) is 2.78. The zero-order chi connectivity index (χ0) is 15.5. The molecule has 0 saturated carbocycles. The van der Waals surface area contributed by atoms with Gasteiger partial charge in [0.1, 0.15) is 11.6 Å². The highest BCUT2D eigenvalue weighted by atomic mass is 32.2. The van der Waals surface area contributed by atoms with Crippen LogP contribution in [0, 0.1) is 17.6 Å². The molecule has 0 spiro atoms. The molecule has 2 atom stereocenters. The largest absolute Gasteiger partial charge is 0.313 e. The van der Waals surface area contributed by atoms with E-state index in [2.05, 4.69) is 5.32 Å². The maximum absolute atomic E-state index is 13.8. The molecule has 21 heavy (non-hydrogen) atoms. The van der Waals surface area contributed by atoms with Crippen LogP contribution in [0.1, 0.15) is 25.3 Å². The number of hydrogen-bond acceptors (Lipinski definition) is 3. The van der Waals surface area contributed by atoms with Crippen molar-refractivity contribution in [2.45, 2.75) is 32.2 Å². The number of nitrogens with one attached hydrogen (secondary N) is 1. The monoisotopic (exact) mass is 317 g/mol. The zero-order valence-corrected chi connectivity index (χ0v) is 12.9. The van der Waals surface area contributed by atoms with Crippen LogP contribution in [-0.4, -0.2) is 32.5 Å². The second kappa shape index (κ2) is 6.83. The van der Waals surface area contributed by atoms with Gasteiger partial charge in [-0.3, -0.25) is 0 Å². The summed E-state index contributed by atoms with van der Waals surface area (Å²) in [6.07, 6.45) is 1.90. The molecule has 0 aliphatic carbocycles. The molecule has 1 N–H and O–H groups in total. The van der Waals surface area contributed by atoms with Gasteiger partial charge in [0.15, 0.2) is 9.84 Å². The van der Waals surface area contributed by atoms with Gasteiger partial charge in [-0.05, 0) is 43.4 Å². The molecule has 1 aromatic carbocycles. The van der Waals surface area contributed by atoms with Crippen LogP contribution >= 0.6 is 0 Å². The maximum atomic E-state index is 13.8. The van der Waals surface area contributed by atoms with E-state index in [9.17, 15) is 17.2 Å². The van der Waals surface area contributed by atoms with Gasteiger partial charge in [0.25, 0.3) is 0 Å². The number of rotatable bonds is 6. The van der Waals surface area contributed by atoms with Crippen molar-refractivity contribution in [3.8, 4) is 0 Å². The summed E-state index contributed by atoms with van der Waals surface area (Å²) in [6, 6.07) is 3.45. The summed E-state index contributed by atoms with van der Waals surface area (Å²) in [4.78, 5) is 0. The van der Waals surface area contributed by atoms with E-state index in [1.807, 2.05) is 6.92 Å². The summed E-state index contributed by atoms with van der Waals surface area (Å²) in [5.41, 5.74) is 0.425. The standard InChI is InChI=1S/C15H21F2NO2S/c1-2-6-18-15(12-5-7-21(19,20)10-12)8-11-3-4-13(16)9-14(11)17/h3-4,9,12,15,18H,2,5-8,10H2,1H3. The van der Waals surface area contributed by atoms with Crippen LogP contribution in [0.2, 0.25) is 0 Å². The lowest BCUT2D eigenvalue weighted by Gasteiger charge is -2.24. The lowest BCUT2D eigenvalue weighted by Crippen LogP contribution is -2.39. The van der Waals surface area contributed by atoms with Crippen LogP contribution < -0.4 is 5.32 Å². The van der Waals surface area contributed by atoms with Crippen molar-refractivity contribution in [2.75, 3.05) is 18.1 Å². The SMILES string of the molecule is CCCNC(Cc1ccc(F)cc1F)C1CCS(=O)(=O)C1. The Morgan fingerprint density at radius 2 is 2.14 bits per heavy atom. The number of benzene rings is 1. The quantitative estimate of drug-likeness (QED) is 0.876. The van der Waals surface area contributed by atoms with E-state index in [-0.39, 0.29) is 23.5 Å². The molecule has 6 heteroatoms. The summed E-state index contributed by atoms with van der Waals surface area (Å²) in [5, 5.41) is 3.31. The molecule has 118 valence electrons. The van der Waals surface area contributed by atoms with Gasteiger partial charge in [-0.25, -0.2) is 17.2 Å². The topological polar surface area (TPSA) is 46.2 Å². The second-order valence-electron chi connectivity index (χ2n) is 5.66. The summed E-state index contributed by atoms with van der Waals surface area (Å²) >= 11 is 0. The third-order valence-electron chi connectivity index (χ3n) is 3.95. The molecule has 0 amide bonds. The van der Waals surface area contributed by atoms with E-state index < -0.39 is 21.5 Å². The molecule has 1 fully saturated rings. The number of halogens is 2. The Morgan fingerprint density at radius 1 is 1.38 bits per heavy atom. The highest BCUT2D eigenvalue weighted by Gasteiger charge is 2.33. The van der Waals surface area contributed by atoms with Crippen molar-refractivity contribution in [2.24, 2.45) is 5.92 Å². The number of hydrogen-bond donors (Lipinski definition) is 1. The molecule has 1 saturated heterocycles. The minimum Gasteiger partial charge on any atom is -0.313 e. The Morgan fingerprint density at radius 3 is 2.71 bits per heavy atom. The van der Waals surface area contributed by atoms with Crippen LogP contribution in [-0.2, 0) is 16.3 Å². The maximum Gasteiger partial charge on any atom is 0.150 e. The first kappa shape index (κ1) is 16.4. The van der Waals surface area contributed by atoms with Crippen molar-refractivity contribution in [1.82, 2.24) is 5.32 Å². The predicted octanol–water partition coefficient (Wildman–Crippen LogP) is 2.31. The fraction of sp³-hybridized carbons (Fsp3) is 0.600. The summed E-state index contributed by atoms with van der Waals surface area (Å²) in [5.74, 6) is -0.826. The minimum absolute atomic E-state index is 0.00833. The van der Waals surface area contributed by atoms with Gasteiger partial charge in [-0.15, -0.1) is 0 Å². The molecule has 1 heterocycles. The van der Waals surface area contributed by atoms with Crippen LogP contribution in [0.3, 0.4) is 0 Å². The van der Waals surface area contributed by atoms with Gasteiger partial charge in [-0.2, -0.15) is 0 Å². The van der Waals surface area contributed by atoms with Crippen LogP contribution in [0.5, 0.6) is 0 Å². The first-order valence-corrected chi connectivity index (χ1v) is 9.11. The Labute approximate surface area is 124 Å².